The number of nitrogens with one attached hydrogen (secondary N) is 2. The molecule has 2 aromatic rings. The number of guanidine groups is 1. The summed E-state index contributed by atoms with van der Waals surface area (Å²) in [5.74, 6) is -1.36. The van der Waals surface area contributed by atoms with Gasteiger partial charge in [-0.25, -0.2) is 13.8 Å². The molecule has 6 nitrogen and oxygen atoms in total. The molecular weight excluding hydrogens is 354 g/mol. The van der Waals surface area contributed by atoms with Gasteiger partial charge in [0.05, 0.1) is 17.5 Å². The number of nitro benzene ring substituents is 1. The van der Waals surface area contributed by atoms with Gasteiger partial charge in [-0.2, -0.15) is 0 Å². The Bertz CT molecular complexity index is 838. The van der Waals surface area contributed by atoms with E-state index in [0.29, 0.717) is 18.1 Å². The minimum atomic E-state index is -0.912. The Hall–Kier alpha value is -3.29. The second-order valence-corrected chi connectivity index (χ2v) is 5.80. The maximum absolute atomic E-state index is 13.4. The molecule has 1 atom stereocenters. The average Bonchev–Trinajstić information content (AvgIpc) is 2.66. The highest BCUT2D eigenvalue weighted by atomic mass is 19.2. The van der Waals surface area contributed by atoms with Crippen LogP contribution >= 0.6 is 0 Å². The Morgan fingerprint density at radius 2 is 1.96 bits per heavy atom. The zero-order valence-corrected chi connectivity index (χ0v) is 14.8. The Kier molecular flexibility index (Phi) is 6.99. The summed E-state index contributed by atoms with van der Waals surface area (Å²) in [5.41, 5.74) is 1.37. The fourth-order valence-electron chi connectivity index (χ4n) is 2.28. The summed E-state index contributed by atoms with van der Waals surface area (Å²) < 4.78 is 26.5. The van der Waals surface area contributed by atoms with Crippen LogP contribution in [0.4, 0.5) is 14.5 Å². The molecule has 2 N–H and O–H groups in total. The van der Waals surface area contributed by atoms with Crippen molar-refractivity contribution < 1.29 is 13.7 Å². The minimum absolute atomic E-state index is 0.0119. The Balaban J connectivity index is 2.10. The Labute approximate surface area is 155 Å². The highest BCUT2D eigenvalue weighted by Gasteiger charge is 2.11. The number of nitrogens with zero attached hydrogens (tertiary/aromatic N) is 2. The van der Waals surface area contributed by atoms with Crippen LogP contribution in [0.3, 0.4) is 0 Å². The third-order valence-corrected chi connectivity index (χ3v) is 3.78. The van der Waals surface area contributed by atoms with E-state index >= 15 is 0 Å². The smallest absolute Gasteiger partial charge is 0.269 e. The van der Waals surface area contributed by atoms with Crippen molar-refractivity contribution in [2.24, 2.45) is 4.99 Å². The maximum atomic E-state index is 13.4. The molecule has 27 heavy (non-hydrogen) atoms. The molecule has 0 bridgehead atoms. The molecule has 0 heterocycles. The van der Waals surface area contributed by atoms with Gasteiger partial charge in [-0.15, -0.1) is 6.58 Å². The van der Waals surface area contributed by atoms with Crippen LogP contribution < -0.4 is 10.6 Å². The highest BCUT2D eigenvalue weighted by molar-refractivity contribution is 5.80. The molecule has 0 fully saturated rings. The quantitative estimate of drug-likeness (QED) is 0.254. The number of aliphatic imine (C=N–C) groups is 1. The highest BCUT2D eigenvalue weighted by Crippen LogP contribution is 2.16. The molecule has 0 spiro atoms. The molecule has 0 amide bonds. The van der Waals surface area contributed by atoms with Gasteiger partial charge in [0.25, 0.3) is 5.69 Å². The van der Waals surface area contributed by atoms with Gasteiger partial charge in [-0.05, 0) is 30.2 Å². The first-order valence-corrected chi connectivity index (χ1v) is 8.24. The summed E-state index contributed by atoms with van der Waals surface area (Å²) in [6.07, 6.45) is 1.66. The molecule has 0 radical (unpaired) electrons. The minimum Gasteiger partial charge on any atom is -0.353 e. The van der Waals surface area contributed by atoms with Crippen molar-refractivity contribution in [1.82, 2.24) is 10.6 Å². The number of halogens is 2. The van der Waals surface area contributed by atoms with E-state index in [1.54, 1.807) is 25.1 Å². The third-order valence-electron chi connectivity index (χ3n) is 3.78. The van der Waals surface area contributed by atoms with Crippen molar-refractivity contribution in [3.05, 3.63) is 88.0 Å². The van der Waals surface area contributed by atoms with Crippen molar-refractivity contribution in [1.29, 1.82) is 0 Å². The van der Waals surface area contributed by atoms with E-state index in [1.165, 1.54) is 18.2 Å². The van der Waals surface area contributed by atoms with E-state index in [0.717, 1.165) is 17.7 Å². The van der Waals surface area contributed by atoms with Crippen LogP contribution in [0.25, 0.3) is 0 Å². The van der Waals surface area contributed by atoms with E-state index in [9.17, 15) is 18.9 Å². The van der Waals surface area contributed by atoms with Gasteiger partial charge in [-0.1, -0.05) is 24.3 Å². The number of rotatable bonds is 7. The molecule has 0 aromatic heterocycles. The van der Waals surface area contributed by atoms with Crippen LogP contribution in [0.1, 0.15) is 24.1 Å². The number of hydrogen-bond donors (Lipinski definition) is 2. The Morgan fingerprint density at radius 1 is 1.26 bits per heavy atom. The summed E-state index contributed by atoms with van der Waals surface area (Å²) in [6.45, 7) is 6.17. The second kappa shape index (κ2) is 9.42. The predicted molar refractivity (Wildman–Crippen MR) is 100 cm³/mol. The van der Waals surface area contributed by atoms with Crippen molar-refractivity contribution in [2.75, 3.05) is 6.54 Å². The van der Waals surface area contributed by atoms with Crippen LogP contribution in [-0.4, -0.2) is 17.4 Å². The fourth-order valence-corrected chi connectivity index (χ4v) is 2.28. The second-order valence-electron chi connectivity index (χ2n) is 5.80. The zero-order chi connectivity index (χ0) is 19.8. The largest absolute Gasteiger partial charge is 0.353 e. The van der Waals surface area contributed by atoms with Crippen LogP contribution in [-0.2, 0) is 6.54 Å². The van der Waals surface area contributed by atoms with Gasteiger partial charge < -0.3 is 10.6 Å². The lowest BCUT2D eigenvalue weighted by molar-refractivity contribution is -0.384. The number of non-ortho nitro benzene ring substituents is 1. The summed E-state index contributed by atoms with van der Waals surface area (Å²) in [6, 6.07) is 9.47. The standard InChI is InChI=1S/C19H20F2N4O2/c1-3-10-22-19(23-12-14-4-7-16(8-5-14)25(26)27)24-13(2)15-6-9-17(20)18(21)11-15/h3-9,11,13H,1,10,12H2,2H3,(H2,22,23,24). The summed E-state index contributed by atoms with van der Waals surface area (Å²) in [4.78, 5) is 14.7. The predicted octanol–water partition coefficient (Wildman–Crippen LogP) is 3.86. The van der Waals surface area contributed by atoms with Crippen molar-refractivity contribution >= 4 is 11.6 Å². The van der Waals surface area contributed by atoms with Gasteiger partial charge in [0.15, 0.2) is 17.6 Å². The number of benzene rings is 2. The first-order chi connectivity index (χ1) is 12.9. The average molecular weight is 374 g/mol. The van der Waals surface area contributed by atoms with Gasteiger partial charge >= 0.3 is 0 Å². The van der Waals surface area contributed by atoms with Gasteiger partial charge in [0.1, 0.15) is 0 Å². The lowest BCUT2D eigenvalue weighted by atomic mass is 10.1. The molecule has 142 valence electrons. The molecule has 2 aromatic carbocycles. The van der Waals surface area contributed by atoms with Crippen LogP contribution in [0.5, 0.6) is 0 Å². The van der Waals surface area contributed by atoms with Crippen LogP contribution in [0.15, 0.2) is 60.1 Å². The maximum Gasteiger partial charge on any atom is 0.269 e. The van der Waals surface area contributed by atoms with E-state index in [-0.39, 0.29) is 18.3 Å². The third kappa shape index (κ3) is 5.88. The van der Waals surface area contributed by atoms with E-state index in [1.807, 2.05) is 0 Å². The molecule has 2 rings (SSSR count). The lowest BCUT2D eigenvalue weighted by Crippen LogP contribution is -2.39. The first-order valence-electron chi connectivity index (χ1n) is 8.24. The normalized spacial score (nSPS) is 12.3. The number of hydrogen-bond acceptors (Lipinski definition) is 3. The Morgan fingerprint density at radius 3 is 2.56 bits per heavy atom. The molecule has 8 heteroatoms. The molecule has 0 aliphatic rings. The van der Waals surface area contributed by atoms with Crippen LogP contribution in [0.2, 0.25) is 0 Å². The lowest BCUT2D eigenvalue weighted by Gasteiger charge is -2.18. The van der Waals surface area contributed by atoms with E-state index < -0.39 is 16.6 Å². The summed E-state index contributed by atoms with van der Waals surface area (Å²) in [7, 11) is 0. The fraction of sp³-hybridized carbons (Fsp3) is 0.211. The topological polar surface area (TPSA) is 79.6 Å². The summed E-state index contributed by atoms with van der Waals surface area (Å²) >= 11 is 0. The molecular formula is C19H20F2N4O2. The van der Waals surface area contributed by atoms with Crippen molar-refractivity contribution in [2.45, 2.75) is 19.5 Å². The molecule has 0 aliphatic heterocycles. The molecule has 0 saturated carbocycles. The molecule has 0 saturated heterocycles. The zero-order valence-electron chi connectivity index (χ0n) is 14.8. The van der Waals surface area contributed by atoms with E-state index in [2.05, 4.69) is 22.2 Å². The molecule has 0 aliphatic carbocycles. The van der Waals surface area contributed by atoms with E-state index in [4.69, 9.17) is 0 Å². The van der Waals surface area contributed by atoms with Crippen molar-refractivity contribution in [3.63, 3.8) is 0 Å². The van der Waals surface area contributed by atoms with Crippen molar-refractivity contribution in [3.8, 4) is 0 Å². The number of nitro groups is 1. The SMILES string of the molecule is C=CCNC(=NCc1ccc([N+](=O)[O-])cc1)NC(C)c1ccc(F)c(F)c1. The van der Waals surface area contributed by atoms with Gasteiger partial charge in [0.2, 0.25) is 0 Å². The van der Waals surface area contributed by atoms with Gasteiger partial charge in [-0.3, -0.25) is 10.1 Å². The van der Waals surface area contributed by atoms with Crippen LogP contribution in [0, 0.1) is 21.7 Å². The molecule has 1 unspecified atom stereocenters. The van der Waals surface area contributed by atoms with Gasteiger partial charge in [0, 0.05) is 18.7 Å². The first kappa shape index (κ1) is 20.0. The monoisotopic (exact) mass is 374 g/mol. The summed E-state index contributed by atoms with van der Waals surface area (Å²) in [5, 5.41) is 16.8.